The van der Waals surface area contributed by atoms with Crippen LogP contribution in [-0.4, -0.2) is 23.0 Å². The molecule has 1 heterocycles. The Labute approximate surface area is 121 Å². The van der Waals surface area contributed by atoms with E-state index in [2.05, 4.69) is 71.5 Å². The van der Waals surface area contributed by atoms with Gasteiger partial charge in [-0.25, -0.2) is 4.98 Å². The van der Waals surface area contributed by atoms with Crippen LogP contribution < -0.4 is 5.32 Å². The quantitative estimate of drug-likeness (QED) is 0.869. The lowest BCUT2D eigenvalue weighted by atomic mass is 10.2. The molecule has 1 aromatic carbocycles. The Morgan fingerprint density at radius 2 is 1.75 bits per heavy atom. The van der Waals surface area contributed by atoms with Crippen LogP contribution in [0.1, 0.15) is 25.1 Å². The molecule has 0 aliphatic carbocycles. The van der Waals surface area contributed by atoms with Gasteiger partial charge in [-0.2, -0.15) is 0 Å². The normalized spacial score (nSPS) is 11.1. The van der Waals surface area contributed by atoms with E-state index >= 15 is 0 Å². The van der Waals surface area contributed by atoms with Crippen LogP contribution in [0.15, 0.2) is 48.5 Å². The molecule has 0 atom stereocenters. The number of hydrogen-bond donors (Lipinski definition) is 1. The van der Waals surface area contributed by atoms with Crippen molar-refractivity contribution in [3.8, 4) is 0 Å². The number of anilines is 1. The highest BCUT2D eigenvalue weighted by molar-refractivity contribution is 5.34. The zero-order valence-electron chi connectivity index (χ0n) is 12.5. The van der Waals surface area contributed by atoms with Gasteiger partial charge in [-0.1, -0.05) is 36.4 Å². The van der Waals surface area contributed by atoms with Crippen molar-refractivity contribution in [2.45, 2.75) is 33.0 Å². The highest BCUT2D eigenvalue weighted by atomic mass is 15.2. The Hall–Kier alpha value is -1.87. The van der Waals surface area contributed by atoms with Crippen LogP contribution in [-0.2, 0) is 13.1 Å². The first kappa shape index (κ1) is 14.5. The van der Waals surface area contributed by atoms with Gasteiger partial charge in [0.1, 0.15) is 5.82 Å². The van der Waals surface area contributed by atoms with E-state index in [0.717, 1.165) is 24.6 Å². The van der Waals surface area contributed by atoms with Crippen LogP contribution in [0.25, 0.3) is 0 Å². The summed E-state index contributed by atoms with van der Waals surface area (Å²) < 4.78 is 0. The van der Waals surface area contributed by atoms with Crippen molar-refractivity contribution in [1.29, 1.82) is 0 Å². The summed E-state index contributed by atoms with van der Waals surface area (Å²) in [6.07, 6.45) is 0. The maximum atomic E-state index is 4.60. The monoisotopic (exact) mass is 269 g/mol. The summed E-state index contributed by atoms with van der Waals surface area (Å²) >= 11 is 0. The third-order valence-corrected chi connectivity index (χ3v) is 3.39. The number of nitrogens with zero attached hydrogens (tertiary/aromatic N) is 2. The maximum Gasteiger partial charge on any atom is 0.126 e. The van der Waals surface area contributed by atoms with Gasteiger partial charge in [0, 0.05) is 26.2 Å². The number of nitrogens with one attached hydrogen (secondary N) is 1. The van der Waals surface area contributed by atoms with E-state index in [1.807, 2.05) is 13.1 Å². The fourth-order valence-electron chi connectivity index (χ4n) is 2.15. The molecule has 0 fully saturated rings. The Morgan fingerprint density at radius 3 is 2.40 bits per heavy atom. The Kier molecular flexibility index (Phi) is 5.13. The molecule has 0 spiro atoms. The molecule has 0 saturated carbocycles. The lowest BCUT2D eigenvalue weighted by Crippen LogP contribution is -2.30. The van der Waals surface area contributed by atoms with Gasteiger partial charge < -0.3 is 5.32 Å². The fourth-order valence-corrected chi connectivity index (χ4v) is 2.15. The molecule has 0 aliphatic rings. The summed E-state index contributed by atoms with van der Waals surface area (Å²) in [6, 6.07) is 17.2. The van der Waals surface area contributed by atoms with Crippen molar-refractivity contribution in [3.05, 3.63) is 59.8 Å². The van der Waals surface area contributed by atoms with Crippen LogP contribution in [0.5, 0.6) is 0 Å². The van der Waals surface area contributed by atoms with Gasteiger partial charge in [0.25, 0.3) is 0 Å². The molecule has 0 saturated heterocycles. The summed E-state index contributed by atoms with van der Waals surface area (Å²) in [4.78, 5) is 7.03. The summed E-state index contributed by atoms with van der Waals surface area (Å²) in [6.45, 7) is 6.27. The second-order valence-electron chi connectivity index (χ2n) is 5.25. The largest absolute Gasteiger partial charge is 0.373 e. The molecule has 3 nitrogen and oxygen atoms in total. The van der Waals surface area contributed by atoms with E-state index in [-0.39, 0.29) is 0 Å². The molecule has 3 heteroatoms. The third-order valence-electron chi connectivity index (χ3n) is 3.39. The van der Waals surface area contributed by atoms with E-state index in [1.165, 1.54) is 5.56 Å². The zero-order chi connectivity index (χ0) is 14.4. The van der Waals surface area contributed by atoms with E-state index in [0.29, 0.717) is 6.04 Å². The van der Waals surface area contributed by atoms with Crippen molar-refractivity contribution in [1.82, 2.24) is 9.88 Å². The predicted octanol–water partition coefficient (Wildman–Crippen LogP) is 3.53. The van der Waals surface area contributed by atoms with E-state index in [4.69, 9.17) is 0 Å². The molecule has 2 rings (SSSR count). The number of benzene rings is 1. The Morgan fingerprint density at radius 1 is 1.00 bits per heavy atom. The standard InChI is InChI=1S/C17H23N3/c1-14(2)20(12-15-8-5-4-6-9-15)13-16-10-7-11-17(18-3)19-16/h4-11,14H,12-13H2,1-3H3,(H,18,19). The highest BCUT2D eigenvalue weighted by Crippen LogP contribution is 2.13. The topological polar surface area (TPSA) is 28.2 Å². The summed E-state index contributed by atoms with van der Waals surface area (Å²) in [7, 11) is 1.90. The second kappa shape index (κ2) is 7.06. The number of pyridine rings is 1. The SMILES string of the molecule is CNc1cccc(CN(Cc2ccccc2)C(C)C)n1. The first-order chi connectivity index (χ1) is 9.69. The molecule has 0 unspecified atom stereocenters. The lowest BCUT2D eigenvalue weighted by Gasteiger charge is -2.26. The van der Waals surface area contributed by atoms with Gasteiger partial charge in [-0.3, -0.25) is 4.90 Å². The molecule has 0 radical (unpaired) electrons. The molecular formula is C17H23N3. The second-order valence-corrected chi connectivity index (χ2v) is 5.25. The minimum Gasteiger partial charge on any atom is -0.373 e. The average molecular weight is 269 g/mol. The van der Waals surface area contributed by atoms with Gasteiger partial charge >= 0.3 is 0 Å². The smallest absolute Gasteiger partial charge is 0.126 e. The van der Waals surface area contributed by atoms with Crippen molar-refractivity contribution in [2.75, 3.05) is 12.4 Å². The molecule has 1 N–H and O–H groups in total. The van der Waals surface area contributed by atoms with Crippen molar-refractivity contribution < 1.29 is 0 Å². The van der Waals surface area contributed by atoms with E-state index < -0.39 is 0 Å². The van der Waals surface area contributed by atoms with Gasteiger partial charge in [0.05, 0.1) is 5.69 Å². The molecule has 20 heavy (non-hydrogen) atoms. The zero-order valence-corrected chi connectivity index (χ0v) is 12.5. The van der Waals surface area contributed by atoms with Gasteiger partial charge in [-0.05, 0) is 31.5 Å². The minimum atomic E-state index is 0.482. The molecule has 0 aliphatic heterocycles. The van der Waals surface area contributed by atoms with Gasteiger partial charge in [-0.15, -0.1) is 0 Å². The molecule has 1 aromatic heterocycles. The van der Waals surface area contributed by atoms with Crippen LogP contribution in [0, 0.1) is 0 Å². The van der Waals surface area contributed by atoms with E-state index in [1.54, 1.807) is 0 Å². The fraction of sp³-hybridized carbons (Fsp3) is 0.353. The molecule has 106 valence electrons. The van der Waals surface area contributed by atoms with Crippen molar-refractivity contribution in [3.63, 3.8) is 0 Å². The summed E-state index contributed by atoms with van der Waals surface area (Å²) in [5.74, 6) is 0.922. The minimum absolute atomic E-state index is 0.482. The summed E-state index contributed by atoms with van der Waals surface area (Å²) in [5.41, 5.74) is 2.44. The average Bonchev–Trinajstić information content (AvgIpc) is 2.48. The van der Waals surface area contributed by atoms with Crippen molar-refractivity contribution in [2.24, 2.45) is 0 Å². The van der Waals surface area contributed by atoms with Crippen molar-refractivity contribution >= 4 is 5.82 Å². The van der Waals surface area contributed by atoms with Crippen LogP contribution >= 0.6 is 0 Å². The number of hydrogen-bond acceptors (Lipinski definition) is 3. The first-order valence-corrected chi connectivity index (χ1v) is 7.10. The highest BCUT2D eigenvalue weighted by Gasteiger charge is 2.11. The van der Waals surface area contributed by atoms with E-state index in [9.17, 15) is 0 Å². The van der Waals surface area contributed by atoms with Gasteiger partial charge in [0.2, 0.25) is 0 Å². The number of rotatable bonds is 6. The molecule has 2 aromatic rings. The van der Waals surface area contributed by atoms with Crippen LogP contribution in [0.3, 0.4) is 0 Å². The van der Waals surface area contributed by atoms with Gasteiger partial charge in [0.15, 0.2) is 0 Å². The Bertz CT molecular complexity index is 523. The third kappa shape index (κ3) is 4.07. The number of aromatic nitrogens is 1. The summed E-state index contributed by atoms with van der Waals surface area (Å²) in [5, 5.41) is 3.09. The Balaban J connectivity index is 2.09. The molecular weight excluding hydrogens is 246 g/mol. The van der Waals surface area contributed by atoms with Crippen LogP contribution in [0.4, 0.5) is 5.82 Å². The van der Waals surface area contributed by atoms with Crippen LogP contribution in [0.2, 0.25) is 0 Å². The lowest BCUT2D eigenvalue weighted by molar-refractivity contribution is 0.201. The predicted molar refractivity (Wildman–Crippen MR) is 84.6 cm³/mol. The molecule has 0 amide bonds. The maximum absolute atomic E-state index is 4.60. The first-order valence-electron chi connectivity index (χ1n) is 7.10. The molecule has 0 bridgehead atoms.